The molecule has 0 saturated heterocycles. The third kappa shape index (κ3) is 5.72. The number of carbonyl (C=O) groups excluding carboxylic acids is 1. The fourth-order valence-electron chi connectivity index (χ4n) is 0.411. The summed E-state index contributed by atoms with van der Waals surface area (Å²) in [6.07, 6.45) is -0.541. The quantitative estimate of drug-likeness (QED) is 0.393. The molecule has 0 aliphatic heterocycles. The van der Waals surface area contributed by atoms with Crippen LogP contribution in [0.4, 0.5) is 4.79 Å². The monoisotopic (exact) mass is 176 g/mol. The zero-order valence-corrected chi connectivity index (χ0v) is 7.70. The largest absolute Gasteiger partial charge is 0.452 e. The first kappa shape index (κ1) is 10.3. The van der Waals surface area contributed by atoms with Crippen LogP contribution >= 0.6 is 11.8 Å². The molecular formula is C6H12N2O2S. The van der Waals surface area contributed by atoms with Crippen molar-refractivity contribution < 1.29 is 9.53 Å². The number of hydrogen-bond donors (Lipinski definition) is 1. The van der Waals surface area contributed by atoms with Crippen LogP contribution in [0.2, 0.25) is 0 Å². The van der Waals surface area contributed by atoms with E-state index in [1.165, 1.54) is 7.11 Å². The van der Waals surface area contributed by atoms with Gasteiger partial charge in [-0.15, -0.1) is 11.8 Å². The highest BCUT2D eigenvalue weighted by atomic mass is 32.2. The van der Waals surface area contributed by atoms with Crippen LogP contribution in [-0.4, -0.2) is 24.0 Å². The molecule has 11 heavy (non-hydrogen) atoms. The van der Waals surface area contributed by atoms with Gasteiger partial charge in [-0.3, -0.25) is 0 Å². The summed E-state index contributed by atoms with van der Waals surface area (Å²) in [6.45, 7) is 3.84. The lowest BCUT2D eigenvalue weighted by molar-refractivity contribution is 0.171. The van der Waals surface area contributed by atoms with E-state index in [-0.39, 0.29) is 0 Å². The first-order valence-corrected chi connectivity index (χ1v) is 4.20. The maximum Gasteiger partial charge on any atom is 0.427 e. The summed E-state index contributed by atoms with van der Waals surface area (Å²) in [5, 5.41) is 4.56. The van der Waals surface area contributed by atoms with Crippen molar-refractivity contribution >= 4 is 22.9 Å². The van der Waals surface area contributed by atoms with Gasteiger partial charge in [0.25, 0.3) is 0 Å². The SMILES string of the molecule is CCS/C(C)=N\NC(=O)OC. The van der Waals surface area contributed by atoms with E-state index in [9.17, 15) is 4.79 Å². The molecule has 5 heteroatoms. The van der Waals surface area contributed by atoms with Crippen molar-refractivity contribution in [3.8, 4) is 0 Å². The third-order valence-electron chi connectivity index (χ3n) is 0.843. The Hall–Kier alpha value is -0.710. The van der Waals surface area contributed by atoms with E-state index in [0.29, 0.717) is 0 Å². The van der Waals surface area contributed by atoms with E-state index in [1.807, 2.05) is 13.8 Å². The van der Waals surface area contributed by atoms with Gasteiger partial charge in [0.2, 0.25) is 0 Å². The lowest BCUT2D eigenvalue weighted by atomic mass is 10.9. The molecule has 0 spiro atoms. The van der Waals surface area contributed by atoms with E-state index in [0.717, 1.165) is 10.8 Å². The normalized spacial score (nSPS) is 11.0. The predicted molar refractivity (Wildman–Crippen MR) is 46.8 cm³/mol. The summed E-state index contributed by atoms with van der Waals surface area (Å²) in [7, 11) is 1.30. The minimum Gasteiger partial charge on any atom is -0.452 e. The highest BCUT2D eigenvalue weighted by Crippen LogP contribution is 2.00. The van der Waals surface area contributed by atoms with Gasteiger partial charge in [0.05, 0.1) is 12.2 Å². The number of carbonyl (C=O) groups is 1. The minimum absolute atomic E-state index is 0.541. The Morgan fingerprint density at radius 3 is 2.82 bits per heavy atom. The molecule has 0 saturated carbocycles. The van der Waals surface area contributed by atoms with E-state index < -0.39 is 6.09 Å². The summed E-state index contributed by atoms with van der Waals surface area (Å²) < 4.78 is 4.31. The average molecular weight is 176 g/mol. The molecule has 64 valence electrons. The molecule has 4 nitrogen and oxygen atoms in total. The predicted octanol–water partition coefficient (Wildman–Crippen LogP) is 1.43. The number of rotatable bonds is 2. The highest BCUT2D eigenvalue weighted by molar-refractivity contribution is 8.13. The fraction of sp³-hybridized carbons (Fsp3) is 0.667. The van der Waals surface area contributed by atoms with E-state index in [1.54, 1.807) is 11.8 Å². The highest BCUT2D eigenvalue weighted by Gasteiger charge is 1.94. The lowest BCUT2D eigenvalue weighted by Gasteiger charge is -1.98. The van der Waals surface area contributed by atoms with Crippen molar-refractivity contribution in [1.29, 1.82) is 0 Å². The molecular weight excluding hydrogens is 164 g/mol. The zero-order chi connectivity index (χ0) is 8.69. The van der Waals surface area contributed by atoms with Crippen LogP contribution in [0.15, 0.2) is 5.10 Å². The number of nitrogens with zero attached hydrogens (tertiary/aromatic N) is 1. The van der Waals surface area contributed by atoms with Gasteiger partial charge in [-0.25, -0.2) is 10.2 Å². The molecule has 0 radical (unpaired) electrons. The summed E-state index contributed by atoms with van der Waals surface area (Å²) in [5.41, 5.74) is 2.22. The van der Waals surface area contributed by atoms with Gasteiger partial charge < -0.3 is 4.74 Å². The Morgan fingerprint density at radius 2 is 2.36 bits per heavy atom. The number of ether oxygens (including phenoxy) is 1. The fourth-order valence-corrected chi connectivity index (χ4v) is 0.939. The lowest BCUT2D eigenvalue weighted by Crippen LogP contribution is -2.17. The van der Waals surface area contributed by atoms with E-state index in [2.05, 4.69) is 15.3 Å². The summed E-state index contributed by atoms with van der Waals surface area (Å²) in [4.78, 5) is 10.5. The molecule has 0 aliphatic rings. The minimum atomic E-state index is -0.541. The Bertz CT molecular complexity index is 159. The molecule has 0 aromatic heterocycles. The number of methoxy groups -OCH3 is 1. The molecule has 0 aromatic carbocycles. The van der Waals surface area contributed by atoms with Crippen LogP contribution in [0.25, 0.3) is 0 Å². The van der Waals surface area contributed by atoms with Crippen molar-refractivity contribution in [1.82, 2.24) is 5.43 Å². The number of amides is 1. The van der Waals surface area contributed by atoms with Crippen molar-refractivity contribution in [3.05, 3.63) is 0 Å². The number of hydrogen-bond acceptors (Lipinski definition) is 4. The van der Waals surface area contributed by atoms with Gasteiger partial charge in [0, 0.05) is 0 Å². The van der Waals surface area contributed by atoms with Gasteiger partial charge in [0.15, 0.2) is 0 Å². The van der Waals surface area contributed by atoms with Gasteiger partial charge in [0.1, 0.15) is 0 Å². The molecule has 1 N–H and O–H groups in total. The molecule has 0 unspecified atom stereocenters. The Morgan fingerprint density at radius 1 is 1.73 bits per heavy atom. The smallest absolute Gasteiger partial charge is 0.427 e. The Kier molecular flexibility index (Phi) is 5.64. The topological polar surface area (TPSA) is 50.7 Å². The molecule has 0 aromatic rings. The van der Waals surface area contributed by atoms with Crippen molar-refractivity contribution in [3.63, 3.8) is 0 Å². The Balaban J connectivity index is 3.63. The second kappa shape index (κ2) is 6.03. The third-order valence-corrected chi connectivity index (χ3v) is 1.64. The van der Waals surface area contributed by atoms with Crippen molar-refractivity contribution in [2.45, 2.75) is 13.8 Å². The second-order valence-corrected chi connectivity index (χ2v) is 3.12. The van der Waals surface area contributed by atoms with Crippen LogP contribution in [0, 0.1) is 0 Å². The van der Waals surface area contributed by atoms with Gasteiger partial charge >= 0.3 is 6.09 Å². The summed E-state index contributed by atoms with van der Waals surface area (Å²) >= 11 is 1.56. The first-order valence-electron chi connectivity index (χ1n) is 3.21. The van der Waals surface area contributed by atoms with Gasteiger partial charge in [-0.05, 0) is 12.7 Å². The molecule has 0 bridgehead atoms. The molecule has 0 atom stereocenters. The van der Waals surface area contributed by atoms with Crippen LogP contribution in [0.5, 0.6) is 0 Å². The van der Waals surface area contributed by atoms with Crippen LogP contribution in [0.3, 0.4) is 0 Å². The number of thioether (sulfide) groups is 1. The molecule has 0 aliphatic carbocycles. The van der Waals surface area contributed by atoms with E-state index in [4.69, 9.17) is 0 Å². The van der Waals surface area contributed by atoms with Gasteiger partial charge in [-0.1, -0.05) is 6.92 Å². The van der Waals surface area contributed by atoms with Gasteiger partial charge in [-0.2, -0.15) is 5.10 Å². The van der Waals surface area contributed by atoms with Crippen molar-refractivity contribution in [2.75, 3.05) is 12.9 Å². The van der Waals surface area contributed by atoms with E-state index >= 15 is 0 Å². The van der Waals surface area contributed by atoms with Crippen molar-refractivity contribution in [2.24, 2.45) is 5.10 Å². The van der Waals surface area contributed by atoms with Crippen LogP contribution in [-0.2, 0) is 4.74 Å². The van der Waals surface area contributed by atoms with Crippen LogP contribution < -0.4 is 5.43 Å². The maximum absolute atomic E-state index is 10.5. The summed E-state index contributed by atoms with van der Waals surface area (Å²) in [5.74, 6) is 0.943. The average Bonchev–Trinajstić information content (AvgIpc) is 2.01. The molecule has 1 amide bonds. The molecule has 0 rings (SSSR count). The zero-order valence-electron chi connectivity index (χ0n) is 6.88. The molecule has 0 fully saturated rings. The maximum atomic E-state index is 10.5. The first-order chi connectivity index (χ1) is 5.20. The number of hydrazone groups is 1. The summed E-state index contributed by atoms with van der Waals surface area (Å²) in [6, 6.07) is 0. The standard InChI is InChI=1S/C6H12N2O2S/c1-4-11-5(2)7-8-6(9)10-3/h4H2,1-3H3,(H,8,9)/b7-5-. The number of nitrogens with one attached hydrogen (secondary N) is 1. The Labute approximate surface area is 70.4 Å². The van der Waals surface area contributed by atoms with Crippen LogP contribution in [0.1, 0.15) is 13.8 Å². The second-order valence-electron chi connectivity index (χ2n) is 1.67. The molecule has 0 heterocycles.